The zero-order valence-corrected chi connectivity index (χ0v) is 11.2. The molecule has 1 rings (SSSR count). The second kappa shape index (κ2) is 5.49. The fourth-order valence-corrected chi connectivity index (χ4v) is 2.38. The molecule has 0 aromatic carbocycles. The Bertz CT molecular complexity index is 281. The van der Waals surface area contributed by atoms with Crippen molar-refractivity contribution >= 4 is 12.3 Å². The van der Waals surface area contributed by atoms with Crippen molar-refractivity contribution in [2.75, 3.05) is 27.2 Å². The Hall–Kier alpha value is -1.10. The summed E-state index contributed by atoms with van der Waals surface area (Å²) in [6.45, 7) is 5.98. The van der Waals surface area contributed by atoms with Gasteiger partial charge >= 0.3 is 0 Å². The second-order valence-corrected chi connectivity index (χ2v) is 5.17. The van der Waals surface area contributed by atoms with Crippen LogP contribution in [0.5, 0.6) is 0 Å². The molecule has 1 aliphatic rings. The van der Waals surface area contributed by atoms with Crippen LogP contribution in [-0.2, 0) is 9.59 Å². The maximum absolute atomic E-state index is 12.2. The summed E-state index contributed by atoms with van der Waals surface area (Å²) in [5, 5.41) is 2.74. The van der Waals surface area contributed by atoms with Crippen molar-refractivity contribution in [3.63, 3.8) is 0 Å². The van der Waals surface area contributed by atoms with Crippen LogP contribution < -0.4 is 5.32 Å². The SMILES string of the molecule is CC(C)N1CCC(NC=O)(C(=O)N(C)C)CC1. The van der Waals surface area contributed by atoms with Crippen LogP contribution >= 0.6 is 0 Å². The first kappa shape index (κ1) is 14.0. The number of hydrogen-bond donors (Lipinski definition) is 1. The van der Waals surface area contributed by atoms with Gasteiger partial charge in [-0.15, -0.1) is 0 Å². The standard InChI is InChI=1S/C12H23N3O2/c1-10(2)15-7-5-12(6-8-15,13-9-16)11(17)14(3)4/h9-10H,5-8H2,1-4H3,(H,13,16). The molecule has 1 N–H and O–H groups in total. The van der Waals surface area contributed by atoms with Crippen molar-refractivity contribution < 1.29 is 9.59 Å². The number of carbonyl (C=O) groups is 2. The lowest BCUT2D eigenvalue weighted by molar-refractivity contribution is -0.140. The summed E-state index contributed by atoms with van der Waals surface area (Å²) < 4.78 is 0. The van der Waals surface area contributed by atoms with E-state index >= 15 is 0 Å². The Morgan fingerprint density at radius 3 is 2.24 bits per heavy atom. The van der Waals surface area contributed by atoms with Gasteiger partial charge in [0.25, 0.3) is 0 Å². The van der Waals surface area contributed by atoms with Gasteiger partial charge in [0.15, 0.2) is 0 Å². The minimum atomic E-state index is -0.698. The van der Waals surface area contributed by atoms with Gasteiger partial charge in [-0.3, -0.25) is 9.59 Å². The van der Waals surface area contributed by atoms with Crippen LogP contribution in [0, 0.1) is 0 Å². The average Bonchev–Trinajstić information content (AvgIpc) is 2.28. The Labute approximate surface area is 103 Å². The number of likely N-dealkylation sites (N-methyl/N-ethyl adjacent to an activating group) is 1. The van der Waals surface area contributed by atoms with Crippen LogP contribution in [0.3, 0.4) is 0 Å². The summed E-state index contributed by atoms with van der Waals surface area (Å²) in [5.74, 6) is -0.00648. The van der Waals surface area contributed by atoms with Crippen LogP contribution in [0.25, 0.3) is 0 Å². The van der Waals surface area contributed by atoms with Gasteiger partial charge in [-0.1, -0.05) is 0 Å². The van der Waals surface area contributed by atoms with Gasteiger partial charge in [0, 0.05) is 33.2 Å². The number of nitrogens with one attached hydrogen (secondary N) is 1. The molecule has 0 radical (unpaired) electrons. The van der Waals surface area contributed by atoms with E-state index in [2.05, 4.69) is 24.1 Å². The molecule has 1 aliphatic heterocycles. The van der Waals surface area contributed by atoms with Crippen LogP contribution in [0.4, 0.5) is 0 Å². The molecular weight excluding hydrogens is 218 g/mol. The lowest BCUT2D eigenvalue weighted by Crippen LogP contribution is -2.61. The van der Waals surface area contributed by atoms with Gasteiger partial charge in [-0.05, 0) is 26.7 Å². The van der Waals surface area contributed by atoms with E-state index in [-0.39, 0.29) is 5.91 Å². The summed E-state index contributed by atoms with van der Waals surface area (Å²) in [6, 6.07) is 0.485. The molecule has 0 spiro atoms. The number of rotatable bonds is 4. The van der Waals surface area contributed by atoms with Gasteiger partial charge < -0.3 is 15.1 Å². The molecule has 17 heavy (non-hydrogen) atoms. The lowest BCUT2D eigenvalue weighted by Gasteiger charge is -2.42. The molecule has 0 unspecified atom stereocenters. The Kier molecular flexibility index (Phi) is 4.51. The summed E-state index contributed by atoms with van der Waals surface area (Å²) in [4.78, 5) is 26.8. The number of nitrogens with zero attached hydrogens (tertiary/aromatic N) is 2. The van der Waals surface area contributed by atoms with Crippen LogP contribution in [0.15, 0.2) is 0 Å². The lowest BCUT2D eigenvalue weighted by atomic mass is 9.85. The van der Waals surface area contributed by atoms with Crippen LogP contribution in [0.1, 0.15) is 26.7 Å². The average molecular weight is 241 g/mol. The largest absolute Gasteiger partial charge is 0.347 e. The van der Waals surface area contributed by atoms with Gasteiger partial charge in [-0.25, -0.2) is 0 Å². The number of amides is 2. The zero-order valence-electron chi connectivity index (χ0n) is 11.2. The number of likely N-dealkylation sites (tertiary alicyclic amines) is 1. The fourth-order valence-electron chi connectivity index (χ4n) is 2.38. The van der Waals surface area contributed by atoms with Crippen LogP contribution in [-0.4, -0.2) is 60.9 Å². The summed E-state index contributed by atoms with van der Waals surface area (Å²) in [6.07, 6.45) is 2.01. The van der Waals surface area contributed by atoms with E-state index in [1.807, 2.05) is 0 Å². The normalized spacial score (nSPS) is 20.1. The molecule has 0 aromatic rings. The van der Waals surface area contributed by atoms with Gasteiger partial charge in [0.05, 0.1) is 0 Å². The van der Waals surface area contributed by atoms with E-state index < -0.39 is 5.54 Å². The molecule has 2 amide bonds. The maximum atomic E-state index is 12.2. The Morgan fingerprint density at radius 2 is 1.88 bits per heavy atom. The third-order valence-corrected chi connectivity index (χ3v) is 3.53. The van der Waals surface area contributed by atoms with Crippen molar-refractivity contribution in [2.24, 2.45) is 0 Å². The number of carbonyl (C=O) groups excluding carboxylic acids is 2. The molecule has 0 atom stereocenters. The molecule has 5 heteroatoms. The molecule has 1 fully saturated rings. The van der Waals surface area contributed by atoms with E-state index in [1.54, 1.807) is 19.0 Å². The van der Waals surface area contributed by atoms with Gasteiger partial charge in [0.1, 0.15) is 5.54 Å². The highest BCUT2D eigenvalue weighted by atomic mass is 16.2. The first-order chi connectivity index (χ1) is 7.93. The summed E-state index contributed by atoms with van der Waals surface area (Å²) >= 11 is 0. The quantitative estimate of drug-likeness (QED) is 0.708. The molecule has 0 aromatic heterocycles. The maximum Gasteiger partial charge on any atom is 0.247 e. The number of hydrogen-bond acceptors (Lipinski definition) is 3. The van der Waals surface area contributed by atoms with Gasteiger partial charge in [0.2, 0.25) is 12.3 Å². The predicted molar refractivity (Wildman–Crippen MR) is 66.6 cm³/mol. The van der Waals surface area contributed by atoms with E-state index in [9.17, 15) is 9.59 Å². The van der Waals surface area contributed by atoms with Crippen molar-refractivity contribution in [3.8, 4) is 0 Å². The highest BCUT2D eigenvalue weighted by molar-refractivity contribution is 5.88. The molecule has 98 valence electrons. The highest BCUT2D eigenvalue weighted by Gasteiger charge is 2.42. The molecule has 0 saturated carbocycles. The monoisotopic (exact) mass is 241 g/mol. The van der Waals surface area contributed by atoms with E-state index in [0.29, 0.717) is 25.3 Å². The molecule has 0 bridgehead atoms. The predicted octanol–water partition coefficient (Wildman–Crippen LogP) is 0.0636. The molecule has 0 aliphatic carbocycles. The molecule has 1 heterocycles. The fraction of sp³-hybridized carbons (Fsp3) is 0.833. The van der Waals surface area contributed by atoms with Gasteiger partial charge in [-0.2, -0.15) is 0 Å². The van der Waals surface area contributed by atoms with Crippen molar-refractivity contribution in [2.45, 2.75) is 38.3 Å². The third kappa shape index (κ3) is 2.97. The minimum absolute atomic E-state index is 0.00648. The van der Waals surface area contributed by atoms with E-state index in [1.165, 1.54) is 0 Å². The Balaban J connectivity index is 2.76. The molecular formula is C12H23N3O2. The molecule has 5 nitrogen and oxygen atoms in total. The van der Waals surface area contributed by atoms with Crippen molar-refractivity contribution in [3.05, 3.63) is 0 Å². The highest BCUT2D eigenvalue weighted by Crippen LogP contribution is 2.24. The summed E-state index contributed by atoms with van der Waals surface area (Å²) in [7, 11) is 3.46. The second-order valence-electron chi connectivity index (χ2n) is 5.17. The summed E-state index contributed by atoms with van der Waals surface area (Å²) in [5.41, 5.74) is -0.698. The molecule has 1 saturated heterocycles. The first-order valence-corrected chi connectivity index (χ1v) is 6.10. The van der Waals surface area contributed by atoms with Crippen LogP contribution in [0.2, 0.25) is 0 Å². The van der Waals surface area contributed by atoms with E-state index in [4.69, 9.17) is 0 Å². The van der Waals surface area contributed by atoms with Crippen molar-refractivity contribution in [1.29, 1.82) is 0 Å². The smallest absolute Gasteiger partial charge is 0.247 e. The first-order valence-electron chi connectivity index (χ1n) is 6.10. The zero-order chi connectivity index (χ0) is 13.1. The van der Waals surface area contributed by atoms with E-state index in [0.717, 1.165) is 13.1 Å². The third-order valence-electron chi connectivity index (χ3n) is 3.53. The number of piperidine rings is 1. The topological polar surface area (TPSA) is 52.7 Å². The Morgan fingerprint density at radius 1 is 1.35 bits per heavy atom. The van der Waals surface area contributed by atoms with Crippen molar-refractivity contribution in [1.82, 2.24) is 15.1 Å². The minimum Gasteiger partial charge on any atom is -0.347 e.